The van der Waals surface area contributed by atoms with E-state index in [1.165, 1.54) is 11.1 Å². The number of hydrogen-bond acceptors (Lipinski definition) is 3. The largest absolute Gasteiger partial charge is 0.493 e. The van der Waals surface area contributed by atoms with Crippen molar-refractivity contribution in [3.05, 3.63) is 59.4 Å². The number of benzene rings is 1. The molecule has 3 heteroatoms. The molecule has 0 saturated carbocycles. The van der Waals surface area contributed by atoms with Crippen molar-refractivity contribution in [2.75, 3.05) is 13.7 Å². The summed E-state index contributed by atoms with van der Waals surface area (Å²) in [6.07, 6.45) is 4.03. The zero-order valence-electron chi connectivity index (χ0n) is 11.1. The van der Waals surface area contributed by atoms with Gasteiger partial charge in [-0.15, -0.1) is 0 Å². The van der Waals surface area contributed by atoms with Crippen molar-refractivity contribution < 1.29 is 4.74 Å². The van der Waals surface area contributed by atoms with Gasteiger partial charge in [-0.05, 0) is 37.6 Å². The second-order valence-electron chi connectivity index (χ2n) is 4.76. The van der Waals surface area contributed by atoms with Crippen LogP contribution in [0.2, 0.25) is 0 Å². The van der Waals surface area contributed by atoms with Crippen LogP contribution in [0.25, 0.3) is 0 Å². The number of aryl methyl sites for hydroxylation is 1. The summed E-state index contributed by atoms with van der Waals surface area (Å²) in [7, 11) is 1.96. The third-order valence-corrected chi connectivity index (χ3v) is 3.55. The monoisotopic (exact) mass is 254 g/mol. The first-order valence-corrected chi connectivity index (χ1v) is 6.73. The molecular formula is C16H18N2O. The molecule has 3 nitrogen and oxygen atoms in total. The molecule has 1 N–H and O–H groups in total. The number of ether oxygens (including phenoxy) is 1. The molecule has 1 aromatic carbocycles. The van der Waals surface area contributed by atoms with Gasteiger partial charge in [-0.3, -0.25) is 4.98 Å². The first kappa shape index (κ1) is 12.2. The van der Waals surface area contributed by atoms with E-state index in [1.807, 2.05) is 31.4 Å². The highest BCUT2D eigenvalue weighted by Gasteiger charge is 2.21. The van der Waals surface area contributed by atoms with E-state index >= 15 is 0 Å². The maximum Gasteiger partial charge on any atom is 0.127 e. The summed E-state index contributed by atoms with van der Waals surface area (Å²) in [5.41, 5.74) is 3.51. The zero-order chi connectivity index (χ0) is 13.1. The molecule has 0 radical (unpaired) electrons. The summed E-state index contributed by atoms with van der Waals surface area (Å²) in [5.74, 6) is 1.04. The molecule has 3 rings (SSSR count). The average molecular weight is 254 g/mol. The van der Waals surface area contributed by atoms with E-state index in [-0.39, 0.29) is 6.04 Å². The fourth-order valence-electron chi connectivity index (χ4n) is 2.65. The fourth-order valence-corrected chi connectivity index (χ4v) is 2.65. The lowest BCUT2D eigenvalue weighted by molar-refractivity contribution is 0.283. The second kappa shape index (κ2) is 5.41. The molecule has 0 bridgehead atoms. The highest BCUT2D eigenvalue weighted by atomic mass is 16.5. The summed E-state index contributed by atoms with van der Waals surface area (Å²) in [6.45, 7) is 0.808. The Bertz CT molecular complexity index is 554. The van der Waals surface area contributed by atoms with Gasteiger partial charge in [0.15, 0.2) is 0 Å². The number of nitrogens with zero attached hydrogens (tertiary/aromatic N) is 1. The normalized spacial score (nSPS) is 15.4. The molecule has 0 aliphatic carbocycles. The highest BCUT2D eigenvalue weighted by Crippen LogP contribution is 2.34. The van der Waals surface area contributed by atoms with Gasteiger partial charge in [-0.2, -0.15) is 0 Å². The van der Waals surface area contributed by atoms with Gasteiger partial charge in [0.05, 0.1) is 18.3 Å². The molecule has 2 aromatic rings. The topological polar surface area (TPSA) is 34.2 Å². The van der Waals surface area contributed by atoms with Gasteiger partial charge in [0.25, 0.3) is 0 Å². The van der Waals surface area contributed by atoms with Crippen LogP contribution in [-0.2, 0) is 6.42 Å². The minimum Gasteiger partial charge on any atom is -0.493 e. The van der Waals surface area contributed by atoms with Gasteiger partial charge in [0, 0.05) is 11.8 Å². The number of fused-ring (bicyclic) bond motifs is 1. The van der Waals surface area contributed by atoms with Crippen molar-refractivity contribution in [1.82, 2.24) is 10.3 Å². The van der Waals surface area contributed by atoms with Gasteiger partial charge in [-0.25, -0.2) is 0 Å². The Kier molecular flexibility index (Phi) is 3.47. The van der Waals surface area contributed by atoms with Crippen molar-refractivity contribution in [3.63, 3.8) is 0 Å². The molecule has 1 aliphatic rings. The third-order valence-electron chi connectivity index (χ3n) is 3.55. The van der Waals surface area contributed by atoms with E-state index in [0.29, 0.717) is 0 Å². The molecule has 1 atom stereocenters. The van der Waals surface area contributed by atoms with Crippen LogP contribution in [0.15, 0.2) is 42.6 Å². The quantitative estimate of drug-likeness (QED) is 0.914. The molecule has 98 valence electrons. The predicted molar refractivity (Wildman–Crippen MR) is 75.4 cm³/mol. The Morgan fingerprint density at radius 1 is 1.21 bits per heavy atom. The molecule has 19 heavy (non-hydrogen) atoms. The van der Waals surface area contributed by atoms with Crippen molar-refractivity contribution in [2.24, 2.45) is 0 Å². The molecule has 0 saturated heterocycles. The van der Waals surface area contributed by atoms with Gasteiger partial charge in [0.1, 0.15) is 5.75 Å². The Morgan fingerprint density at radius 3 is 2.95 bits per heavy atom. The zero-order valence-corrected chi connectivity index (χ0v) is 11.1. The fraction of sp³-hybridized carbons (Fsp3) is 0.312. The Hall–Kier alpha value is -1.87. The van der Waals surface area contributed by atoms with Gasteiger partial charge < -0.3 is 10.1 Å². The third kappa shape index (κ3) is 2.34. The second-order valence-corrected chi connectivity index (χ2v) is 4.76. The van der Waals surface area contributed by atoms with E-state index in [2.05, 4.69) is 28.5 Å². The predicted octanol–water partition coefficient (Wildman–Crippen LogP) is 2.72. The number of pyridine rings is 1. The lowest BCUT2D eigenvalue weighted by Crippen LogP contribution is -2.21. The van der Waals surface area contributed by atoms with Crippen LogP contribution >= 0.6 is 0 Å². The average Bonchev–Trinajstić information content (AvgIpc) is 2.49. The van der Waals surface area contributed by atoms with Gasteiger partial charge in [-0.1, -0.05) is 24.3 Å². The first-order valence-electron chi connectivity index (χ1n) is 6.73. The number of hydrogen-bond donors (Lipinski definition) is 1. The Labute approximate surface area is 113 Å². The van der Waals surface area contributed by atoms with Crippen LogP contribution in [0, 0.1) is 0 Å². The van der Waals surface area contributed by atoms with Crippen LogP contribution in [0.5, 0.6) is 5.75 Å². The van der Waals surface area contributed by atoms with Crippen molar-refractivity contribution in [1.29, 1.82) is 0 Å². The van der Waals surface area contributed by atoms with E-state index in [4.69, 9.17) is 4.74 Å². The van der Waals surface area contributed by atoms with E-state index < -0.39 is 0 Å². The standard InChI is InChI=1S/C16H18N2O/c1-17-15(14-9-2-3-10-18-14)13-8-4-6-12-7-5-11-19-16(12)13/h2-4,6,8-10,15,17H,5,7,11H2,1H3. The van der Waals surface area contributed by atoms with Crippen molar-refractivity contribution in [3.8, 4) is 5.75 Å². The molecule has 0 fully saturated rings. The Morgan fingerprint density at radius 2 is 2.16 bits per heavy atom. The Balaban J connectivity index is 2.05. The number of nitrogens with one attached hydrogen (secondary N) is 1. The van der Waals surface area contributed by atoms with E-state index in [0.717, 1.165) is 30.9 Å². The number of para-hydroxylation sites is 1. The molecule has 0 amide bonds. The van der Waals surface area contributed by atoms with Crippen LogP contribution < -0.4 is 10.1 Å². The lowest BCUT2D eigenvalue weighted by atomic mass is 9.96. The van der Waals surface area contributed by atoms with Crippen molar-refractivity contribution >= 4 is 0 Å². The van der Waals surface area contributed by atoms with Gasteiger partial charge in [0.2, 0.25) is 0 Å². The van der Waals surface area contributed by atoms with Crippen LogP contribution in [0.3, 0.4) is 0 Å². The summed E-state index contributed by atoms with van der Waals surface area (Å²) < 4.78 is 5.89. The smallest absolute Gasteiger partial charge is 0.127 e. The SMILES string of the molecule is CNC(c1ccccn1)c1cccc2c1OCCC2. The summed E-state index contributed by atoms with van der Waals surface area (Å²) in [6, 6.07) is 12.5. The molecule has 0 spiro atoms. The number of aromatic nitrogens is 1. The molecule has 1 aromatic heterocycles. The molecular weight excluding hydrogens is 236 g/mol. The minimum absolute atomic E-state index is 0.0780. The van der Waals surface area contributed by atoms with Crippen LogP contribution in [-0.4, -0.2) is 18.6 Å². The summed E-state index contributed by atoms with van der Waals surface area (Å²) >= 11 is 0. The van der Waals surface area contributed by atoms with Crippen LogP contribution in [0.4, 0.5) is 0 Å². The van der Waals surface area contributed by atoms with Gasteiger partial charge >= 0.3 is 0 Å². The van der Waals surface area contributed by atoms with E-state index in [1.54, 1.807) is 0 Å². The minimum atomic E-state index is 0.0780. The highest BCUT2D eigenvalue weighted by molar-refractivity contribution is 5.46. The van der Waals surface area contributed by atoms with E-state index in [9.17, 15) is 0 Å². The number of rotatable bonds is 3. The maximum absolute atomic E-state index is 5.89. The summed E-state index contributed by atoms with van der Waals surface area (Å²) in [5, 5.41) is 3.34. The summed E-state index contributed by atoms with van der Waals surface area (Å²) in [4.78, 5) is 4.46. The molecule has 1 unspecified atom stereocenters. The lowest BCUT2D eigenvalue weighted by Gasteiger charge is -2.24. The maximum atomic E-state index is 5.89. The molecule has 2 heterocycles. The first-order chi connectivity index (χ1) is 9.40. The van der Waals surface area contributed by atoms with Crippen molar-refractivity contribution in [2.45, 2.75) is 18.9 Å². The van der Waals surface area contributed by atoms with Crippen LogP contribution in [0.1, 0.15) is 29.3 Å². The molecule has 1 aliphatic heterocycles.